The van der Waals surface area contributed by atoms with Gasteiger partial charge < -0.3 is 9.80 Å². The van der Waals surface area contributed by atoms with Crippen LogP contribution in [-0.2, 0) is 6.42 Å². The molecule has 1 aromatic rings. The molecule has 2 heteroatoms. The maximum Gasteiger partial charge on any atom is 0.0610 e. The number of nitrogens with zero attached hydrogens (tertiary/aromatic N) is 2. The fourth-order valence-corrected chi connectivity index (χ4v) is 2.92. The molecule has 1 aliphatic carbocycles. The molecule has 1 aromatic carbocycles. The van der Waals surface area contributed by atoms with Crippen molar-refractivity contribution in [3.8, 4) is 0 Å². The van der Waals surface area contributed by atoms with Gasteiger partial charge in [0, 0.05) is 26.2 Å². The van der Waals surface area contributed by atoms with Gasteiger partial charge in [0.2, 0.25) is 0 Å². The third-order valence-corrected chi connectivity index (χ3v) is 4.08. The molecule has 2 rings (SSSR count). The zero-order valence-corrected chi connectivity index (χ0v) is 12.7. The number of hydrogen-bond acceptors (Lipinski definition) is 2. The molecule has 104 valence electrons. The largest absolute Gasteiger partial charge is 0.370 e. The number of fused-ring (bicyclic) bond motifs is 1. The van der Waals surface area contributed by atoms with Gasteiger partial charge in [0.1, 0.15) is 0 Å². The van der Waals surface area contributed by atoms with Crippen molar-refractivity contribution >= 4 is 17.5 Å². The van der Waals surface area contributed by atoms with Crippen LogP contribution in [0.15, 0.2) is 18.2 Å². The Morgan fingerprint density at radius 3 is 1.89 bits per heavy atom. The van der Waals surface area contributed by atoms with Crippen molar-refractivity contribution in [3.05, 3.63) is 29.3 Å². The van der Waals surface area contributed by atoms with Crippen LogP contribution >= 0.6 is 0 Å². The molecule has 2 nitrogen and oxygen atoms in total. The van der Waals surface area contributed by atoms with Crippen molar-refractivity contribution in [1.82, 2.24) is 0 Å². The van der Waals surface area contributed by atoms with Gasteiger partial charge in [-0.1, -0.05) is 12.2 Å². The highest BCUT2D eigenvalue weighted by Gasteiger charge is 2.17. The molecule has 0 atom stereocenters. The van der Waals surface area contributed by atoms with Gasteiger partial charge in [-0.2, -0.15) is 0 Å². The van der Waals surface area contributed by atoms with Crippen LogP contribution in [0.3, 0.4) is 0 Å². The van der Waals surface area contributed by atoms with E-state index >= 15 is 0 Å². The van der Waals surface area contributed by atoms with Crippen molar-refractivity contribution in [2.75, 3.05) is 36.0 Å². The summed E-state index contributed by atoms with van der Waals surface area (Å²) in [6.07, 6.45) is 5.61. The Morgan fingerprint density at radius 2 is 1.37 bits per heavy atom. The second kappa shape index (κ2) is 6.14. The lowest BCUT2D eigenvalue weighted by atomic mass is 10.1. The zero-order chi connectivity index (χ0) is 13.8. The number of rotatable bonds is 6. The highest BCUT2D eigenvalue weighted by Crippen LogP contribution is 2.35. The fourth-order valence-electron chi connectivity index (χ4n) is 2.92. The first-order valence-electron chi connectivity index (χ1n) is 7.58. The lowest BCUT2D eigenvalue weighted by Crippen LogP contribution is -2.28. The SMILES string of the molecule is CCN(CC)c1cc2c(cc1N(CC)CC)CC=C2. The van der Waals surface area contributed by atoms with E-state index in [0.29, 0.717) is 0 Å². The molecule has 0 spiro atoms. The third-order valence-electron chi connectivity index (χ3n) is 4.08. The van der Waals surface area contributed by atoms with Gasteiger partial charge in [-0.05, 0) is 57.4 Å². The first-order chi connectivity index (χ1) is 9.24. The predicted octanol–water partition coefficient (Wildman–Crippen LogP) is 3.95. The average molecular weight is 258 g/mol. The Hall–Kier alpha value is -1.44. The van der Waals surface area contributed by atoms with Gasteiger partial charge in [-0.25, -0.2) is 0 Å². The monoisotopic (exact) mass is 258 g/mol. The van der Waals surface area contributed by atoms with Gasteiger partial charge >= 0.3 is 0 Å². The molecular weight excluding hydrogens is 232 g/mol. The van der Waals surface area contributed by atoms with Crippen molar-refractivity contribution in [1.29, 1.82) is 0 Å². The summed E-state index contributed by atoms with van der Waals surface area (Å²) in [6.45, 7) is 13.2. The summed E-state index contributed by atoms with van der Waals surface area (Å²) in [5, 5.41) is 0. The van der Waals surface area contributed by atoms with Gasteiger partial charge in [0.25, 0.3) is 0 Å². The summed E-state index contributed by atoms with van der Waals surface area (Å²) in [4.78, 5) is 4.92. The van der Waals surface area contributed by atoms with E-state index in [4.69, 9.17) is 0 Å². The molecule has 0 aliphatic heterocycles. The minimum atomic E-state index is 1.06. The Balaban J connectivity index is 2.50. The fraction of sp³-hybridized carbons (Fsp3) is 0.529. The smallest absolute Gasteiger partial charge is 0.0610 e. The van der Waals surface area contributed by atoms with Crippen LogP contribution in [0.1, 0.15) is 38.8 Å². The first-order valence-corrected chi connectivity index (χ1v) is 7.58. The third kappa shape index (κ3) is 2.63. The molecule has 0 fully saturated rings. The number of benzene rings is 1. The average Bonchev–Trinajstić information content (AvgIpc) is 2.88. The van der Waals surface area contributed by atoms with Crippen LogP contribution in [0.4, 0.5) is 11.4 Å². The topological polar surface area (TPSA) is 6.48 Å². The summed E-state index contributed by atoms with van der Waals surface area (Å²) in [6, 6.07) is 4.77. The second-order valence-corrected chi connectivity index (χ2v) is 4.99. The molecule has 0 saturated carbocycles. The minimum absolute atomic E-state index is 1.06. The highest BCUT2D eigenvalue weighted by molar-refractivity contribution is 5.78. The number of hydrogen-bond donors (Lipinski definition) is 0. The normalized spacial score (nSPS) is 12.6. The lowest BCUT2D eigenvalue weighted by Gasteiger charge is -2.31. The molecule has 0 unspecified atom stereocenters. The number of anilines is 2. The van der Waals surface area contributed by atoms with Gasteiger partial charge in [-0.3, -0.25) is 0 Å². The van der Waals surface area contributed by atoms with Gasteiger partial charge in [0.05, 0.1) is 11.4 Å². The molecule has 0 radical (unpaired) electrons. The number of allylic oxidation sites excluding steroid dienone is 1. The van der Waals surface area contributed by atoms with E-state index in [0.717, 1.165) is 32.6 Å². The van der Waals surface area contributed by atoms with E-state index in [1.165, 1.54) is 22.5 Å². The zero-order valence-electron chi connectivity index (χ0n) is 12.7. The molecule has 0 saturated heterocycles. The molecule has 0 aromatic heterocycles. The van der Waals surface area contributed by atoms with E-state index in [9.17, 15) is 0 Å². The van der Waals surface area contributed by atoms with E-state index in [1.54, 1.807) is 0 Å². The van der Waals surface area contributed by atoms with Crippen molar-refractivity contribution in [2.45, 2.75) is 34.1 Å². The van der Waals surface area contributed by atoms with Crippen LogP contribution in [0.5, 0.6) is 0 Å². The van der Waals surface area contributed by atoms with Crippen molar-refractivity contribution in [3.63, 3.8) is 0 Å². The summed E-state index contributed by atoms with van der Waals surface area (Å²) in [5.41, 5.74) is 5.66. The molecule has 0 bridgehead atoms. The minimum Gasteiger partial charge on any atom is -0.370 e. The van der Waals surface area contributed by atoms with E-state index < -0.39 is 0 Å². The maximum atomic E-state index is 2.46. The summed E-state index contributed by atoms with van der Waals surface area (Å²) >= 11 is 0. The van der Waals surface area contributed by atoms with E-state index in [1.807, 2.05) is 0 Å². The van der Waals surface area contributed by atoms with Crippen LogP contribution in [0, 0.1) is 0 Å². The van der Waals surface area contributed by atoms with Crippen molar-refractivity contribution in [2.24, 2.45) is 0 Å². The van der Waals surface area contributed by atoms with Gasteiger partial charge in [0.15, 0.2) is 0 Å². The Labute approximate surface area is 117 Å². The highest BCUT2D eigenvalue weighted by atomic mass is 15.2. The first kappa shape index (κ1) is 14.0. The summed E-state index contributed by atoms with van der Waals surface area (Å²) in [7, 11) is 0. The van der Waals surface area contributed by atoms with E-state index in [-0.39, 0.29) is 0 Å². The van der Waals surface area contributed by atoms with Crippen LogP contribution in [0.2, 0.25) is 0 Å². The standard InChI is InChI=1S/C17H26N2/c1-5-18(6-2)16-12-14-10-9-11-15(14)13-17(16)19(7-3)8-4/h9-10,12-13H,5-8,11H2,1-4H3. The molecule has 0 amide bonds. The van der Waals surface area contributed by atoms with Crippen molar-refractivity contribution < 1.29 is 0 Å². The van der Waals surface area contributed by atoms with Crippen LogP contribution in [0.25, 0.3) is 6.08 Å². The second-order valence-electron chi connectivity index (χ2n) is 4.99. The summed E-state index contributed by atoms with van der Waals surface area (Å²) < 4.78 is 0. The maximum absolute atomic E-state index is 2.46. The Kier molecular flexibility index (Phi) is 4.52. The molecule has 1 aliphatic rings. The quantitative estimate of drug-likeness (QED) is 0.762. The predicted molar refractivity (Wildman–Crippen MR) is 86.3 cm³/mol. The Bertz CT molecular complexity index is 455. The van der Waals surface area contributed by atoms with Gasteiger partial charge in [-0.15, -0.1) is 0 Å². The molecule has 0 N–H and O–H groups in total. The lowest BCUT2D eigenvalue weighted by molar-refractivity contribution is 0.832. The molecular formula is C17H26N2. The Morgan fingerprint density at radius 1 is 0.842 bits per heavy atom. The van der Waals surface area contributed by atoms with Crippen LogP contribution < -0.4 is 9.80 Å². The molecule has 0 heterocycles. The molecule has 19 heavy (non-hydrogen) atoms. The summed E-state index contributed by atoms with van der Waals surface area (Å²) in [5.74, 6) is 0. The van der Waals surface area contributed by atoms with E-state index in [2.05, 4.69) is 61.8 Å². The van der Waals surface area contributed by atoms with Crippen LogP contribution in [-0.4, -0.2) is 26.2 Å².